The fourth-order valence-electron chi connectivity index (χ4n) is 3.77. The van der Waals surface area contributed by atoms with E-state index < -0.39 is 0 Å². The van der Waals surface area contributed by atoms with E-state index in [0.29, 0.717) is 26.1 Å². The Morgan fingerprint density at radius 1 is 1.08 bits per heavy atom. The lowest BCUT2D eigenvalue weighted by Crippen LogP contribution is -2.60. The number of nitrogens with zero attached hydrogens (tertiary/aromatic N) is 1. The molecule has 2 saturated heterocycles. The zero-order valence-corrected chi connectivity index (χ0v) is 15.7. The van der Waals surface area contributed by atoms with E-state index in [4.69, 9.17) is 9.47 Å². The Kier molecular flexibility index (Phi) is 5.77. The molecule has 5 nitrogen and oxygen atoms in total. The van der Waals surface area contributed by atoms with Gasteiger partial charge in [0, 0.05) is 5.92 Å². The average molecular weight is 357 g/mol. The molecule has 1 amide bonds. The number of carbonyl (C=O) groups is 2. The van der Waals surface area contributed by atoms with Crippen LogP contribution in [0.3, 0.4) is 0 Å². The number of Topliss-reactive ketones (excluding diaryl/α,β-unsaturated/α-hetero) is 1. The van der Waals surface area contributed by atoms with Crippen molar-refractivity contribution in [3.8, 4) is 0 Å². The van der Waals surface area contributed by atoms with Crippen LogP contribution in [-0.2, 0) is 20.9 Å². The summed E-state index contributed by atoms with van der Waals surface area (Å²) in [6.07, 6.45) is 0.970. The van der Waals surface area contributed by atoms with Crippen LogP contribution in [0.5, 0.6) is 0 Å². The minimum Gasteiger partial charge on any atom is -0.445 e. The van der Waals surface area contributed by atoms with Crippen LogP contribution < -0.4 is 0 Å². The summed E-state index contributed by atoms with van der Waals surface area (Å²) < 4.78 is 11.2. The molecule has 1 aromatic rings. The number of amides is 1. The minimum absolute atomic E-state index is 0.0398. The molecule has 2 unspecified atom stereocenters. The molecule has 0 radical (unpaired) electrons. The normalized spacial score (nSPS) is 24.7. The molecule has 0 N–H and O–H groups in total. The van der Waals surface area contributed by atoms with Gasteiger partial charge >= 0.3 is 6.09 Å². The Bertz CT molecular complexity index is 679. The lowest BCUT2D eigenvalue weighted by Gasteiger charge is -2.47. The predicted molar refractivity (Wildman–Crippen MR) is 98.6 cm³/mol. The molecule has 1 aromatic carbocycles. The summed E-state index contributed by atoms with van der Waals surface area (Å²) in [6, 6.07) is 9.47. The van der Waals surface area contributed by atoms with Crippen LogP contribution in [0.25, 0.3) is 0 Å². The van der Waals surface area contributed by atoms with Gasteiger partial charge < -0.3 is 9.47 Å². The zero-order chi connectivity index (χ0) is 18.7. The SMILES string of the molecule is CC(C)=C(C)C(=O)C1CC2COCC(C1)N2C(=O)OCc1ccccc1. The van der Waals surface area contributed by atoms with Crippen molar-refractivity contribution in [2.45, 2.75) is 52.3 Å². The van der Waals surface area contributed by atoms with E-state index in [2.05, 4.69) is 0 Å². The van der Waals surface area contributed by atoms with Gasteiger partial charge in [-0.15, -0.1) is 0 Å². The molecule has 3 rings (SSSR count). The van der Waals surface area contributed by atoms with Gasteiger partial charge in [0.15, 0.2) is 5.78 Å². The van der Waals surface area contributed by atoms with E-state index in [1.54, 1.807) is 4.90 Å². The maximum atomic E-state index is 12.7. The number of allylic oxidation sites excluding steroid dienone is 2. The van der Waals surface area contributed by atoms with Crippen molar-refractivity contribution in [2.24, 2.45) is 5.92 Å². The van der Waals surface area contributed by atoms with Crippen molar-refractivity contribution in [1.29, 1.82) is 0 Å². The fraction of sp³-hybridized carbons (Fsp3) is 0.524. The minimum atomic E-state index is -0.308. The number of ketones is 1. The number of carbonyl (C=O) groups excluding carboxylic acids is 2. The first kappa shape index (κ1) is 18.6. The second-order valence-electron chi connectivity index (χ2n) is 7.45. The predicted octanol–water partition coefficient (Wildman–Crippen LogP) is 3.73. The number of fused-ring (bicyclic) bond motifs is 2. The maximum absolute atomic E-state index is 12.7. The molecule has 0 spiro atoms. The number of rotatable bonds is 4. The number of hydrogen-bond donors (Lipinski definition) is 0. The molecular weight excluding hydrogens is 330 g/mol. The Labute approximate surface area is 155 Å². The van der Waals surface area contributed by atoms with Crippen molar-refractivity contribution in [3.63, 3.8) is 0 Å². The van der Waals surface area contributed by atoms with Crippen LogP contribution in [-0.4, -0.2) is 42.1 Å². The number of morpholine rings is 1. The third-order valence-electron chi connectivity index (χ3n) is 5.43. The highest BCUT2D eigenvalue weighted by Crippen LogP contribution is 2.34. The van der Waals surface area contributed by atoms with Crippen molar-refractivity contribution < 1.29 is 19.1 Å². The summed E-state index contributed by atoms with van der Waals surface area (Å²) in [4.78, 5) is 27.2. The molecular formula is C21H27NO4. The standard InChI is InChI=1S/C21H27NO4/c1-14(2)15(3)20(23)17-9-18-12-25-13-19(10-17)22(18)21(24)26-11-16-7-5-4-6-8-16/h4-8,17-19H,9-13H2,1-3H3. The summed E-state index contributed by atoms with van der Waals surface area (Å²) in [6.45, 7) is 7.02. The van der Waals surface area contributed by atoms with Crippen molar-refractivity contribution >= 4 is 11.9 Å². The van der Waals surface area contributed by atoms with Gasteiger partial charge in [-0.25, -0.2) is 4.79 Å². The van der Waals surface area contributed by atoms with Gasteiger partial charge in [-0.3, -0.25) is 9.69 Å². The van der Waals surface area contributed by atoms with Crippen LogP contribution in [0.1, 0.15) is 39.2 Å². The molecule has 2 aliphatic rings. The van der Waals surface area contributed by atoms with Gasteiger partial charge in [-0.2, -0.15) is 0 Å². The van der Waals surface area contributed by atoms with E-state index in [9.17, 15) is 9.59 Å². The Hall–Kier alpha value is -2.14. The molecule has 26 heavy (non-hydrogen) atoms. The fourth-order valence-corrected chi connectivity index (χ4v) is 3.77. The van der Waals surface area contributed by atoms with Gasteiger partial charge in [0.1, 0.15) is 6.61 Å². The van der Waals surface area contributed by atoms with E-state index in [0.717, 1.165) is 16.7 Å². The average Bonchev–Trinajstić information content (AvgIpc) is 2.64. The summed E-state index contributed by atoms with van der Waals surface area (Å²) in [5.74, 6) is 0.168. The molecule has 140 valence electrons. The largest absolute Gasteiger partial charge is 0.445 e. The van der Waals surface area contributed by atoms with Gasteiger partial charge in [-0.1, -0.05) is 35.9 Å². The molecule has 2 atom stereocenters. The summed E-state index contributed by atoms with van der Waals surface area (Å²) in [5, 5.41) is 0. The quantitative estimate of drug-likeness (QED) is 0.771. The number of ether oxygens (including phenoxy) is 2. The molecule has 5 heteroatoms. The van der Waals surface area contributed by atoms with Crippen LogP contribution in [0, 0.1) is 5.92 Å². The van der Waals surface area contributed by atoms with Crippen LogP contribution in [0.15, 0.2) is 41.5 Å². The Morgan fingerprint density at radius 3 is 2.27 bits per heavy atom. The first-order valence-corrected chi connectivity index (χ1v) is 9.22. The number of hydrogen-bond acceptors (Lipinski definition) is 4. The van der Waals surface area contributed by atoms with E-state index in [1.165, 1.54) is 0 Å². The van der Waals surface area contributed by atoms with Gasteiger partial charge in [0.2, 0.25) is 0 Å². The summed E-state index contributed by atoms with van der Waals surface area (Å²) >= 11 is 0. The zero-order valence-electron chi connectivity index (χ0n) is 15.7. The Morgan fingerprint density at radius 2 is 1.69 bits per heavy atom. The first-order valence-electron chi connectivity index (χ1n) is 9.22. The van der Waals surface area contributed by atoms with Crippen molar-refractivity contribution in [1.82, 2.24) is 4.90 Å². The summed E-state index contributed by atoms with van der Waals surface area (Å²) in [5.41, 5.74) is 2.86. The smallest absolute Gasteiger partial charge is 0.410 e. The third kappa shape index (κ3) is 3.98. The molecule has 2 fully saturated rings. The van der Waals surface area contributed by atoms with Gasteiger partial charge in [0.25, 0.3) is 0 Å². The van der Waals surface area contributed by atoms with E-state index in [1.807, 2.05) is 51.1 Å². The van der Waals surface area contributed by atoms with Crippen LogP contribution in [0.2, 0.25) is 0 Å². The third-order valence-corrected chi connectivity index (χ3v) is 5.43. The second kappa shape index (κ2) is 8.04. The molecule has 0 saturated carbocycles. The van der Waals surface area contributed by atoms with Crippen molar-refractivity contribution in [2.75, 3.05) is 13.2 Å². The summed E-state index contributed by atoms with van der Waals surface area (Å²) in [7, 11) is 0. The van der Waals surface area contributed by atoms with E-state index >= 15 is 0 Å². The molecule has 0 aliphatic carbocycles. The van der Waals surface area contributed by atoms with Gasteiger partial charge in [-0.05, 0) is 44.7 Å². The van der Waals surface area contributed by atoms with E-state index in [-0.39, 0.29) is 36.5 Å². The number of piperidine rings is 1. The topological polar surface area (TPSA) is 55.8 Å². The molecule has 2 heterocycles. The molecule has 2 bridgehead atoms. The highest BCUT2D eigenvalue weighted by atomic mass is 16.6. The first-order chi connectivity index (χ1) is 12.5. The molecule has 2 aliphatic heterocycles. The van der Waals surface area contributed by atoms with Crippen LogP contribution in [0.4, 0.5) is 4.79 Å². The second-order valence-corrected chi connectivity index (χ2v) is 7.45. The van der Waals surface area contributed by atoms with Crippen LogP contribution >= 0.6 is 0 Å². The highest BCUT2D eigenvalue weighted by molar-refractivity contribution is 5.97. The highest BCUT2D eigenvalue weighted by Gasteiger charge is 2.44. The Balaban J connectivity index is 1.66. The lowest BCUT2D eigenvalue weighted by atomic mass is 9.80. The number of benzene rings is 1. The lowest BCUT2D eigenvalue weighted by molar-refractivity contribution is -0.127. The monoisotopic (exact) mass is 357 g/mol. The molecule has 0 aromatic heterocycles. The van der Waals surface area contributed by atoms with Gasteiger partial charge in [0.05, 0.1) is 25.3 Å². The maximum Gasteiger partial charge on any atom is 0.410 e. The van der Waals surface area contributed by atoms with Crippen molar-refractivity contribution in [3.05, 3.63) is 47.0 Å².